The van der Waals surface area contributed by atoms with Gasteiger partial charge in [0, 0.05) is 33.7 Å². The van der Waals surface area contributed by atoms with Gasteiger partial charge in [-0.25, -0.2) is 0 Å². The number of rotatable bonds is 3. The second-order valence-electron chi connectivity index (χ2n) is 5.94. The highest BCUT2D eigenvalue weighted by molar-refractivity contribution is 6.34. The van der Waals surface area contributed by atoms with Crippen molar-refractivity contribution in [2.24, 2.45) is 5.16 Å². The summed E-state index contributed by atoms with van der Waals surface area (Å²) in [5, 5.41) is 14.3. The van der Waals surface area contributed by atoms with Gasteiger partial charge in [-0.3, -0.25) is 10.1 Å². The Balaban J connectivity index is 2.09. The number of nitrogen functional groups attached to an aromatic ring is 1. The monoisotopic (exact) mass is 437 g/mol. The van der Waals surface area contributed by atoms with Gasteiger partial charge in [-0.2, -0.15) is 17.6 Å². The highest BCUT2D eigenvalue weighted by Gasteiger charge is 2.62. The molecule has 1 aliphatic heterocycles. The zero-order valence-electron chi connectivity index (χ0n) is 13.6. The van der Waals surface area contributed by atoms with E-state index in [1.165, 1.54) is 6.07 Å². The molecule has 1 aliphatic rings. The Hall–Kier alpha value is -2.59. The molecule has 0 spiro atoms. The van der Waals surface area contributed by atoms with Gasteiger partial charge in [0.2, 0.25) is 5.82 Å². The number of nitrogens with zero attached hydrogens (tertiary/aromatic N) is 2. The Morgan fingerprint density at radius 1 is 1.18 bits per heavy atom. The van der Waals surface area contributed by atoms with Crippen LogP contribution in [-0.2, 0) is 10.4 Å². The Morgan fingerprint density at radius 3 is 2.32 bits per heavy atom. The average Bonchev–Trinajstić information content (AvgIpc) is 3.02. The zero-order valence-corrected chi connectivity index (χ0v) is 15.1. The first-order chi connectivity index (χ1) is 12.9. The summed E-state index contributed by atoms with van der Waals surface area (Å²) in [6, 6.07) is 4.99. The van der Waals surface area contributed by atoms with Crippen LogP contribution in [0.15, 0.2) is 35.5 Å². The molecular weight excluding hydrogens is 429 g/mol. The van der Waals surface area contributed by atoms with Crippen molar-refractivity contribution >= 4 is 40.3 Å². The van der Waals surface area contributed by atoms with Gasteiger partial charge >= 0.3 is 11.9 Å². The second-order valence-corrected chi connectivity index (χ2v) is 6.82. The molecule has 12 heteroatoms. The first-order valence-corrected chi connectivity index (χ1v) is 8.22. The third kappa shape index (κ3) is 3.33. The lowest BCUT2D eigenvalue weighted by atomic mass is 9.86. The average molecular weight is 438 g/mol. The number of nitro benzene ring substituents is 1. The van der Waals surface area contributed by atoms with E-state index in [1.54, 1.807) is 0 Å². The van der Waals surface area contributed by atoms with E-state index in [-0.39, 0.29) is 21.3 Å². The lowest BCUT2D eigenvalue weighted by Gasteiger charge is -2.29. The van der Waals surface area contributed by atoms with E-state index in [2.05, 4.69) is 5.16 Å². The lowest BCUT2D eigenvalue weighted by Crippen LogP contribution is -2.42. The molecule has 0 saturated heterocycles. The van der Waals surface area contributed by atoms with Gasteiger partial charge in [0.25, 0.3) is 5.60 Å². The zero-order chi connectivity index (χ0) is 20.9. The van der Waals surface area contributed by atoms with Crippen LogP contribution < -0.4 is 5.73 Å². The van der Waals surface area contributed by atoms with E-state index < -0.39 is 45.9 Å². The number of hydrogen-bond acceptors (Lipinski definition) is 5. The van der Waals surface area contributed by atoms with Gasteiger partial charge in [-0.1, -0.05) is 28.4 Å². The first kappa shape index (κ1) is 20.2. The number of hydrogen-bond donors (Lipinski definition) is 1. The van der Waals surface area contributed by atoms with Crippen LogP contribution in [0, 0.1) is 15.9 Å². The molecule has 0 fully saturated rings. The van der Waals surface area contributed by atoms with E-state index in [1.807, 2.05) is 0 Å². The smallest absolute Gasteiger partial charge is 0.396 e. The van der Waals surface area contributed by atoms with E-state index in [4.69, 9.17) is 33.8 Å². The normalized spacial score (nSPS) is 19.3. The molecule has 2 aromatic rings. The summed E-state index contributed by atoms with van der Waals surface area (Å²) in [6.07, 6.45) is -5.79. The molecule has 1 unspecified atom stereocenters. The molecule has 0 aliphatic carbocycles. The fraction of sp³-hybridized carbons (Fsp3) is 0.188. The van der Waals surface area contributed by atoms with Crippen LogP contribution in [0.4, 0.5) is 28.9 Å². The largest absolute Gasteiger partial charge is 0.435 e. The van der Waals surface area contributed by atoms with Gasteiger partial charge < -0.3 is 10.6 Å². The van der Waals surface area contributed by atoms with E-state index in [0.29, 0.717) is 0 Å². The van der Waals surface area contributed by atoms with Gasteiger partial charge in [-0.05, 0) is 24.3 Å². The summed E-state index contributed by atoms with van der Waals surface area (Å²) in [4.78, 5) is 14.7. The van der Waals surface area contributed by atoms with E-state index in [0.717, 1.165) is 24.3 Å². The minimum atomic E-state index is -4.94. The summed E-state index contributed by atoms with van der Waals surface area (Å²) in [6.45, 7) is 0. The summed E-state index contributed by atoms with van der Waals surface area (Å²) < 4.78 is 55.6. The van der Waals surface area contributed by atoms with Crippen LogP contribution in [0.2, 0.25) is 10.0 Å². The second kappa shape index (κ2) is 6.78. The summed E-state index contributed by atoms with van der Waals surface area (Å²) in [5.41, 5.74) is -0.00540. The van der Waals surface area contributed by atoms with Gasteiger partial charge in [0.05, 0.1) is 16.3 Å². The maximum atomic E-state index is 13.9. The van der Waals surface area contributed by atoms with Crippen molar-refractivity contribution in [2.75, 3.05) is 5.73 Å². The molecular formula is C16H9Cl2F4N3O3. The van der Waals surface area contributed by atoms with E-state index >= 15 is 0 Å². The molecule has 1 atom stereocenters. The molecule has 6 nitrogen and oxygen atoms in total. The number of anilines is 1. The molecule has 2 aromatic carbocycles. The predicted molar refractivity (Wildman–Crippen MR) is 93.9 cm³/mol. The molecule has 148 valence electrons. The number of halogens is 6. The van der Waals surface area contributed by atoms with Gasteiger partial charge in [0.15, 0.2) is 0 Å². The highest BCUT2D eigenvalue weighted by Crippen LogP contribution is 2.50. The van der Waals surface area contributed by atoms with E-state index in [9.17, 15) is 27.7 Å². The third-order valence-corrected chi connectivity index (χ3v) is 4.56. The summed E-state index contributed by atoms with van der Waals surface area (Å²) in [5.74, 6) is -1.29. The number of oxime groups is 1. The van der Waals surface area contributed by atoms with Crippen molar-refractivity contribution in [3.05, 3.63) is 67.4 Å². The van der Waals surface area contributed by atoms with Crippen molar-refractivity contribution in [1.29, 1.82) is 0 Å². The SMILES string of the molecule is Nc1cc(C2=NOC(c3cc(Cl)cc(Cl)c3)(C(F)(F)F)C2)cc([N+](=O)[O-])c1F. The van der Waals surface area contributed by atoms with Gasteiger partial charge in [-0.15, -0.1) is 0 Å². The maximum Gasteiger partial charge on any atom is 0.435 e. The van der Waals surface area contributed by atoms with Crippen LogP contribution >= 0.6 is 23.2 Å². The van der Waals surface area contributed by atoms with Crippen LogP contribution in [0.5, 0.6) is 0 Å². The maximum absolute atomic E-state index is 13.9. The number of alkyl halides is 3. The number of nitro groups is 1. The Bertz CT molecular complexity index is 993. The molecule has 0 amide bonds. The lowest BCUT2D eigenvalue weighted by molar-refractivity contribution is -0.387. The van der Waals surface area contributed by atoms with Crippen LogP contribution in [0.3, 0.4) is 0 Å². The van der Waals surface area contributed by atoms with Crippen molar-refractivity contribution in [3.63, 3.8) is 0 Å². The Labute approximate surface area is 164 Å². The Morgan fingerprint density at radius 2 is 1.79 bits per heavy atom. The fourth-order valence-electron chi connectivity index (χ4n) is 2.78. The van der Waals surface area contributed by atoms with Crippen molar-refractivity contribution in [1.82, 2.24) is 0 Å². The van der Waals surface area contributed by atoms with Gasteiger partial charge in [0.1, 0.15) is 0 Å². The molecule has 0 saturated carbocycles. The molecule has 1 heterocycles. The summed E-state index contributed by atoms with van der Waals surface area (Å²) >= 11 is 11.6. The van der Waals surface area contributed by atoms with Crippen LogP contribution in [-0.4, -0.2) is 16.8 Å². The third-order valence-electron chi connectivity index (χ3n) is 4.13. The molecule has 28 heavy (non-hydrogen) atoms. The van der Waals surface area contributed by atoms with Crippen molar-refractivity contribution in [3.8, 4) is 0 Å². The highest BCUT2D eigenvalue weighted by atomic mass is 35.5. The molecule has 0 radical (unpaired) electrons. The number of nitrogens with two attached hydrogens (primary N) is 1. The Kier molecular flexibility index (Phi) is 4.88. The molecule has 2 N–H and O–H groups in total. The van der Waals surface area contributed by atoms with Crippen LogP contribution in [0.25, 0.3) is 0 Å². The molecule has 0 bridgehead atoms. The summed E-state index contributed by atoms with van der Waals surface area (Å²) in [7, 11) is 0. The van der Waals surface area contributed by atoms with Crippen molar-refractivity contribution < 1.29 is 27.3 Å². The predicted octanol–water partition coefficient (Wildman–Crippen LogP) is 5.21. The van der Waals surface area contributed by atoms with Crippen LogP contribution in [0.1, 0.15) is 17.5 Å². The minimum absolute atomic E-state index is 0.0511. The minimum Gasteiger partial charge on any atom is -0.396 e. The fourth-order valence-corrected chi connectivity index (χ4v) is 3.30. The molecule has 3 rings (SSSR count). The topological polar surface area (TPSA) is 90.8 Å². The quantitative estimate of drug-likeness (QED) is 0.309. The molecule has 0 aromatic heterocycles. The standard InChI is InChI=1S/C16H9Cl2F4N3O3/c17-9-3-8(4-10(18)5-9)15(16(20,21)22)6-12(24-28-15)7-1-11(23)14(19)13(2-7)25(26)27/h1-5H,6,23H2. The first-order valence-electron chi connectivity index (χ1n) is 7.47. The number of benzene rings is 2. The van der Waals surface area contributed by atoms with Crippen molar-refractivity contribution in [2.45, 2.75) is 18.2 Å².